The Morgan fingerprint density at radius 2 is 1.80 bits per heavy atom. The molecule has 4 nitrogen and oxygen atoms in total. The van der Waals surface area contributed by atoms with E-state index < -0.39 is 0 Å². The van der Waals surface area contributed by atoms with Crippen molar-refractivity contribution >= 4 is 24.1 Å². The van der Waals surface area contributed by atoms with Gasteiger partial charge in [-0.2, -0.15) is 11.8 Å². The van der Waals surface area contributed by atoms with Crippen LogP contribution < -0.4 is 10.1 Å². The monoisotopic (exact) mass is 361 g/mol. The lowest BCUT2D eigenvalue weighted by atomic mass is 10.1. The van der Waals surface area contributed by atoms with Gasteiger partial charge in [0.15, 0.2) is 0 Å². The highest BCUT2D eigenvalue weighted by Crippen LogP contribution is 2.18. The molecule has 1 atom stereocenters. The number of ether oxygens (including phenoxy) is 1. The number of rotatable bonds is 9. The zero-order valence-corrected chi connectivity index (χ0v) is 14.7. The van der Waals surface area contributed by atoms with Crippen LogP contribution in [0.25, 0.3) is 0 Å². The number of halogens is 1. The van der Waals surface area contributed by atoms with Crippen LogP contribution >= 0.6 is 11.8 Å². The van der Waals surface area contributed by atoms with Crippen LogP contribution in [-0.2, 0) is 22.4 Å². The number of nitrogens with one attached hydrogen (secondary N) is 1. The molecule has 0 aliphatic rings. The second-order valence-electron chi connectivity index (χ2n) is 5.42. The fraction of sp³-hybridized carbons (Fsp3) is 0.263. The highest BCUT2D eigenvalue weighted by atomic mass is 32.2. The molecule has 6 heteroatoms. The molecule has 1 N–H and O–H groups in total. The van der Waals surface area contributed by atoms with Crippen molar-refractivity contribution in [1.29, 1.82) is 0 Å². The average Bonchev–Trinajstić information content (AvgIpc) is 2.62. The second kappa shape index (κ2) is 9.84. The fourth-order valence-electron chi connectivity index (χ4n) is 2.31. The van der Waals surface area contributed by atoms with E-state index >= 15 is 0 Å². The van der Waals surface area contributed by atoms with Crippen molar-refractivity contribution in [3.8, 4) is 5.75 Å². The Balaban J connectivity index is 1.83. The SMILES string of the molecule is CSC(Cc1ccc(OCCc2ccc(F)cc2)cc1)C(=O)NC=O. The average molecular weight is 361 g/mol. The van der Waals surface area contributed by atoms with Crippen molar-refractivity contribution in [1.82, 2.24) is 5.32 Å². The van der Waals surface area contributed by atoms with Crippen molar-refractivity contribution in [3.63, 3.8) is 0 Å². The van der Waals surface area contributed by atoms with E-state index in [1.807, 2.05) is 30.5 Å². The standard InChI is InChI=1S/C19H20FNO3S/c1-25-18(19(23)21-13-22)12-15-4-8-17(9-5-15)24-11-10-14-2-6-16(20)7-3-14/h2-9,13,18H,10-12H2,1H3,(H,21,22,23). The van der Waals surface area contributed by atoms with Crippen LogP contribution in [0.1, 0.15) is 11.1 Å². The summed E-state index contributed by atoms with van der Waals surface area (Å²) in [7, 11) is 0. The first-order valence-corrected chi connectivity index (χ1v) is 9.14. The van der Waals surface area contributed by atoms with Gasteiger partial charge in [-0.1, -0.05) is 24.3 Å². The third-order valence-electron chi connectivity index (χ3n) is 3.70. The summed E-state index contributed by atoms with van der Waals surface area (Å²) >= 11 is 1.40. The van der Waals surface area contributed by atoms with E-state index in [0.717, 1.165) is 16.9 Å². The van der Waals surface area contributed by atoms with Gasteiger partial charge >= 0.3 is 0 Å². The van der Waals surface area contributed by atoms with Crippen molar-refractivity contribution in [3.05, 3.63) is 65.5 Å². The minimum absolute atomic E-state index is 0.245. The van der Waals surface area contributed by atoms with Crippen LogP contribution in [0.2, 0.25) is 0 Å². The Bertz CT molecular complexity index is 689. The van der Waals surface area contributed by atoms with Crippen LogP contribution in [0.4, 0.5) is 4.39 Å². The molecule has 0 saturated heterocycles. The molecule has 0 aliphatic carbocycles. The molecule has 2 aromatic rings. The lowest BCUT2D eigenvalue weighted by molar-refractivity contribution is -0.124. The molecule has 25 heavy (non-hydrogen) atoms. The Morgan fingerprint density at radius 3 is 2.40 bits per heavy atom. The summed E-state index contributed by atoms with van der Waals surface area (Å²) in [5.74, 6) is 0.205. The molecule has 0 saturated carbocycles. The van der Waals surface area contributed by atoms with E-state index in [1.165, 1.54) is 23.9 Å². The Kier molecular flexibility index (Phi) is 7.47. The molecule has 132 valence electrons. The number of hydrogen-bond acceptors (Lipinski definition) is 4. The van der Waals surface area contributed by atoms with E-state index in [4.69, 9.17) is 4.74 Å². The maximum Gasteiger partial charge on any atom is 0.239 e. The number of amides is 2. The molecule has 2 rings (SSSR count). The summed E-state index contributed by atoms with van der Waals surface area (Å²) in [6.45, 7) is 0.500. The predicted molar refractivity (Wildman–Crippen MR) is 97.3 cm³/mol. The van der Waals surface area contributed by atoms with Crippen molar-refractivity contribution in [2.24, 2.45) is 0 Å². The number of imide groups is 1. The third-order valence-corrected chi connectivity index (χ3v) is 4.65. The fourth-order valence-corrected chi connectivity index (χ4v) is 2.95. The topological polar surface area (TPSA) is 55.4 Å². The van der Waals surface area contributed by atoms with Gasteiger partial charge in [0.2, 0.25) is 12.3 Å². The lowest BCUT2D eigenvalue weighted by Gasteiger charge is -2.13. The number of carbonyl (C=O) groups is 2. The van der Waals surface area contributed by atoms with Gasteiger partial charge in [0.25, 0.3) is 0 Å². The summed E-state index contributed by atoms with van der Waals surface area (Å²) in [5.41, 5.74) is 2.01. The first-order valence-electron chi connectivity index (χ1n) is 7.85. The highest BCUT2D eigenvalue weighted by Gasteiger charge is 2.17. The van der Waals surface area contributed by atoms with Gasteiger partial charge in [-0.25, -0.2) is 4.39 Å². The lowest BCUT2D eigenvalue weighted by Crippen LogP contribution is -2.32. The predicted octanol–water partition coefficient (Wildman–Crippen LogP) is 2.99. The summed E-state index contributed by atoms with van der Waals surface area (Å²) in [6, 6.07) is 13.9. The molecule has 0 aromatic heterocycles. The van der Waals surface area contributed by atoms with E-state index in [9.17, 15) is 14.0 Å². The molecule has 0 fully saturated rings. The molecule has 0 heterocycles. The smallest absolute Gasteiger partial charge is 0.239 e. The summed E-state index contributed by atoms with van der Waals surface area (Å²) in [6.07, 6.45) is 3.48. The van der Waals surface area contributed by atoms with Gasteiger partial charge in [0.1, 0.15) is 11.6 Å². The third kappa shape index (κ3) is 6.23. The van der Waals surface area contributed by atoms with Crippen LogP contribution in [-0.4, -0.2) is 30.4 Å². The van der Waals surface area contributed by atoms with Gasteiger partial charge in [-0.05, 0) is 48.1 Å². The van der Waals surface area contributed by atoms with Crippen LogP contribution in [0, 0.1) is 5.82 Å². The molecular weight excluding hydrogens is 341 g/mol. The highest BCUT2D eigenvalue weighted by molar-refractivity contribution is 7.99. The number of benzene rings is 2. The summed E-state index contributed by atoms with van der Waals surface area (Å²) in [5, 5.41) is 1.88. The molecule has 1 unspecified atom stereocenters. The van der Waals surface area contributed by atoms with Gasteiger partial charge in [-0.15, -0.1) is 0 Å². The number of hydrogen-bond donors (Lipinski definition) is 1. The molecule has 0 aliphatic heterocycles. The molecule has 2 aromatic carbocycles. The second-order valence-corrected chi connectivity index (χ2v) is 6.46. The molecule has 0 spiro atoms. The van der Waals surface area contributed by atoms with Crippen LogP contribution in [0.3, 0.4) is 0 Å². The minimum atomic E-state index is -0.310. The normalized spacial score (nSPS) is 11.6. The van der Waals surface area contributed by atoms with Crippen molar-refractivity contribution in [2.75, 3.05) is 12.9 Å². The zero-order chi connectivity index (χ0) is 18.1. The van der Waals surface area contributed by atoms with Crippen molar-refractivity contribution in [2.45, 2.75) is 18.1 Å². The largest absolute Gasteiger partial charge is 0.493 e. The van der Waals surface area contributed by atoms with Crippen LogP contribution in [0.5, 0.6) is 5.75 Å². The van der Waals surface area contributed by atoms with E-state index in [-0.39, 0.29) is 17.0 Å². The maximum absolute atomic E-state index is 12.8. The molecule has 2 amide bonds. The molecule has 0 radical (unpaired) electrons. The quantitative estimate of drug-likeness (QED) is 0.698. The summed E-state index contributed by atoms with van der Waals surface area (Å²) < 4.78 is 18.5. The zero-order valence-electron chi connectivity index (χ0n) is 13.9. The molecular formula is C19H20FNO3S. The summed E-state index contributed by atoms with van der Waals surface area (Å²) in [4.78, 5) is 22.1. The Morgan fingerprint density at radius 1 is 1.16 bits per heavy atom. The number of thioether (sulfide) groups is 1. The van der Waals surface area contributed by atoms with E-state index in [1.54, 1.807) is 12.1 Å². The van der Waals surface area contributed by atoms with Gasteiger partial charge < -0.3 is 4.74 Å². The Hall–Kier alpha value is -2.34. The van der Waals surface area contributed by atoms with Gasteiger partial charge in [0.05, 0.1) is 11.9 Å². The van der Waals surface area contributed by atoms with Gasteiger partial charge in [0, 0.05) is 6.42 Å². The van der Waals surface area contributed by atoms with E-state index in [2.05, 4.69) is 5.32 Å². The number of carbonyl (C=O) groups excluding carboxylic acids is 2. The minimum Gasteiger partial charge on any atom is -0.493 e. The van der Waals surface area contributed by atoms with Gasteiger partial charge in [-0.3, -0.25) is 14.9 Å². The first-order chi connectivity index (χ1) is 12.1. The Labute approximate surface area is 150 Å². The first kappa shape index (κ1) is 19.0. The molecule has 0 bridgehead atoms. The van der Waals surface area contributed by atoms with E-state index in [0.29, 0.717) is 25.9 Å². The van der Waals surface area contributed by atoms with Crippen molar-refractivity contribution < 1.29 is 18.7 Å². The maximum atomic E-state index is 12.8. The van der Waals surface area contributed by atoms with Crippen LogP contribution in [0.15, 0.2) is 48.5 Å².